The molecule has 2 N–H and O–H groups in total. The summed E-state index contributed by atoms with van der Waals surface area (Å²) in [6.07, 6.45) is 0.601. The molecule has 26 heavy (non-hydrogen) atoms. The van der Waals surface area contributed by atoms with Gasteiger partial charge >= 0.3 is 6.03 Å². The van der Waals surface area contributed by atoms with Gasteiger partial charge < -0.3 is 24.8 Å². The molecule has 2 aromatic rings. The number of benzene rings is 2. The number of anilines is 1. The Balaban J connectivity index is 1.98. The number of amides is 2. The van der Waals surface area contributed by atoms with Crippen LogP contribution in [-0.2, 0) is 6.42 Å². The molecule has 0 unspecified atom stereocenters. The molecule has 0 aliphatic heterocycles. The standard InChI is InChI=1S/C20H26N2O4/c1-13-6-7-14(2)16(10-13)22-20(23)21-9-8-15-11-18(25-4)19(26-5)12-17(15)24-3/h6-7,10-12H,8-9H2,1-5H3,(H2,21,22,23). The summed E-state index contributed by atoms with van der Waals surface area (Å²) in [5.74, 6) is 1.93. The van der Waals surface area contributed by atoms with Crippen molar-refractivity contribution in [2.45, 2.75) is 20.3 Å². The van der Waals surface area contributed by atoms with Crippen LogP contribution in [0, 0.1) is 13.8 Å². The average Bonchev–Trinajstić information content (AvgIpc) is 2.64. The molecule has 0 radical (unpaired) electrons. The Morgan fingerprint density at radius 2 is 1.58 bits per heavy atom. The first-order valence-corrected chi connectivity index (χ1v) is 8.39. The lowest BCUT2D eigenvalue weighted by Gasteiger charge is -2.15. The summed E-state index contributed by atoms with van der Waals surface area (Å²) in [6.45, 7) is 4.41. The van der Waals surface area contributed by atoms with Crippen molar-refractivity contribution in [3.05, 3.63) is 47.0 Å². The molecule has 2 rings (SSSR count). The first-order valence-electron chi connectivity index (χ1n) is 8.39. The number of aryl methyl sites for hydroxylation is 2. The van der Waals surface area contributed by atoms with Crippen LogP contribution >= 0.6 is 0 Å². The monoisotopic (exact) mass is 358 g/mol. The summed E-state index contributed by atoms with van der Waals surface area (Å²) in [5, 5.41) is 5.75. The van der Waals surface area contributed by atoms with Gasteiger partial charge in [-0.1, -0.05) is 12.1 Å². The van der Waals surface area contributed by atoms with Crippen LogP contribution in [0.15, 0.2) is 30.3 Å². The quantitative estimate of drug-likeness (QED) is 0.792. The molecular weight excluding hydrogens is 332 g/mol. The van der Waals surface area contributed by atoms with Gasteiger partial charge in [-0.2, -0.15) is 0 Å². The Morgan fingerprint density at radius 3 is 2.23 bits per heavy atom. The van der Waals surface area contributed by atoms with Crippen LogP contribution in [0.25, 0.3) is 0 Å². The second-order valence-corrected chi connectivity index (χ2v) is 5.97. The number of carbonyl (C=O) groups excluding carboxylic acids is 1. The third-order valence-corrected chi connectivity index (χ3v) is 4.11. The lowest BCUT2D eigenvalue weighted by Crippen LogP contribution is -2.30. The molecule has 0 saturated heterocycles. The van der Waals surface area contributed by atoms with Crippen LogP contribution in [-0.4, -0.2) is 33.9 Å². The van der Waals surface area contributed by atoms with E-state index >= 15 is 0 Å². The highest BCUT2D eigenvalue weighted by Gasteiger charge is 2.12. The lowest BCUT2D eigenvalue weighted by molar-refractivity contribution is 0.252. The van der Waals surface area contributed by atoms with Crippen LogP contribution in [0.3, 0.4) is 0 Å². The largest absolute Gasteiger partial charge is 0.496 e. The van der Waals surface area contributed by atoms with E-state index in [0.717, 1.165) is 22.4 Å². The van der Waals surface area contributed by atoms with Crippen molar-refractivity contribution in [3.63, 3.8) is 0 Å². The van der Waals surface area contributed by atoms with Crippen molar-refractivity contribution in [2.75, 3.05) is 33.2 Å². The lowest BCUT2D eigenvalue weighted by atomic mass is 10.1. The first kappa shape index (κ1) is 19.4. The highest BCUT2D eigenvalue weighted by molar-refractivity contribution is 5.90. The van der Waals surface area contributed by atoms with E-state index < -0.39 is 0 Å². The van der Waals surface area contributed by atoms with Crippen molar-refractivity contribution in [2.24, 2.45) is 0 Å². The molecule has 0 atom stereocenters. The molecule has 0 bridgehead atoms. The van der Waals surface area contributed by atoms with Crippen LogP contribution in [0.1, 0.15) is 16.7 Å². The maximum atomic E-state index is 12.1. The molecule has 2 amide bonds. The second-order valence-electron chi connectivity index (χ2n) is 5.97. The topological polar surface area (TPSA) is 68.8 Å². The number of carbonyl (C=O) groups is 1. The third-order valence-electron chi connectivity index (χ3n) is 4.11. The summed E-state index contributed by atoms with van der Waals surface area (Å²) < 4.78 is 16.0. The minimum Gasteiger partial charge on any atom is -0.496 e. The van der Waals surface area contributed by atoms with Gasteiger partial charge in [-0.3, -0.25) is 0 Å². The Morgan fingerprint density at radius 1 is 0.923 bits per heavy atom. The molecule has 0 heterocycles. The Kier molecular flexibility index (Phi) is 6.72. The summed E-state index contributed by atoms with van der Waals surface area (Å²) in [5.41, 5.74) is 3.86. The summed E-state index contributed by atoms with van der Waals surface area (Å²) in [4.78, 5) is 12.1. The van der Waals surface area contributed by atoms with E-state index in [0.29, 0.717) is 30.2 Å². The zero-order chi connectivity index (χ0) is 19.1. The normalized spacial score (nSPS) is 10.2. The van der Waals surface area contributed by atoms with Crippen LogP contribution in [0.4, 0.5) is 10.5 Å². The van der Waals surface area contributed by atoms with E-state index in [4.69, 9.17) is 14.2 Å². The van der Waals surface area contributed by atoms with Gasteiger partial charge in [0.25, 0.3) is 0 Å². The predicted molar refractivity (Wildman–Crippen MR) is 103 cm³/mol. The van der Waals surface area contributed by atoms with Crippen LogP contribution in [0.2, 0.25) is 0 Å². The van der Waals surface area contributed by atoms with Crippen molar-refractivity contribution in [1.82, 2.24) is 5.32 Å². The number of rotatable bonds is 7. The van der Waals surface area contributed by atoms with Crippen LogP contribution < -0.4 is 24.8 Å². The molecule has 0 aliphatic rings. The molecule has 0 spiro atoms. The molecule has 0 fully saturated rings. The Bertz CT molecular complexity index is 775. The molecule has 0 aliphatic carbocycles. The predicted octanol–water partition coefficient (Wildman–Crippen LogP) is 3.69. The summed E-state index contributed by atoms with van der Waals surface area (Å²) in [7, 11) is 4.77. The fourth-order valence-corrected chi connectivity index (χ4v) is 2.64. The molecule has 140 valence electrons. The van der Waals surface area contributed by atoms with E-state index in [2.05, 4.69) is 10.6 Å². The number of hydrogen-bond acceptors (Lipinski definition) is 4. The second kappa shape index (κ2) is 8.99. The zero-order valence-corrected chi connectivity index (χ0v) is 15.9. The highest BCUT2D eigenvalue weighted by atomic mass is 16.5. The van der Waals surface area contributed by atoms with Gasteiger partial charge in [-0.25, -0.2) is 4.79 Å². The van der Waals surface area contributed by atoms with Crippen molar-refractivity contribution < 1.29 is 19.0 Å². The molecule has 6 heteroatoms. The SMILES string of the molecule is COc1cc(OC)c(OC)cc1CCNC(=O)Nc1cc(C)ccc1C. The maximum Gasteiger partial charge on any atom is 0.319 e. The van der Waals surface area contributed by atoms with Gasteiger partial charge in [-0.05, 0) is 49.1 Å². The van der Waals surface area contributed by atoms with Crippen molar-refractivity contribution in [3.8, 4) is 17.2 Å². The number of urea groups is 1. The molecule has 0 saturated carbocycles. The fourth-order valence-electron chi connectivity index (χ4n) is 2.64. The molecule has 2 aromatic carbocycles. The highest BCUT2D eigenvalue weighted by Crippen LogP contribution is 2.34. The minimum atomic E-state index is -0.238. The van der Waals surface area contributed by atoms with Crippen LogP contribution in [0.5, 0.6) is 17.2 Å². The van der Waals surface area contributed by atoms with E-state index in [-0.39, 0.29) is 6.03 Å². The van der Waals surface area contributed by atoms with Gasteiger partial charge in [-0.15, -0.1) is 0 Å². The number of hydrogen-bond donors (Lipinski definition) is 2. The number of methoxy groups -OCH3 is 3. The van der Waals surface area contributed by atoms with E-state index in [1.54, 1.807) is 27.4 Å². The Hall–Kier alpha value is -2.89. The van der Waals surface area contributed by atoms with Gasteiger partial charge in [0, 0.05) is 18.3 Å². The van der Waals surface area contributed by atoms with Gasteiger partial charge in [0.05, 0.1) is 21.3 Å². The van der Waals surface area contributed by atoms with E-state index in [1.165, 1.54) is 0 Å². The van der Waals surface area contributed by atoms with Gasteiger partial charge in [0.1, 0.15) is 5.75 Å². The smallest absolute Gasteiger partial charge is 0.319 e. The average molecular weight is 358 g/mol. The van der Waals surface area contributed by atoms with Gasteiger partial charge in [0.15, 0.2) is 11.5 Å². The Labute approximate surface area is 154 Å². The third kappa shape index (κ3) is 4.81. The minimum absolute atomic E-state index is 0.238. The first-order chi connectivity index (χ1) is 12.5. The summed E-state index contributed by atoms with van der Waals surface area (Å²) in [6, 6.07) is 9.36. The van der Waals surface area contributed by atoms with E-state index in [9.17, 15) is 4.79 Å². The number of nitrogens with one attached hydrogen (secondary N) is 2. The van der Waals surface area contributed by atoms with Crippen molar-refractivity contribution >= 4 is 11.7 Å². The number of ether oxygens (including phenoxy) is 3. The zero-order valence-electron chi connectivity index (χ0n) is 15.9. The molecule has 0 aromatic heterocycles. The fraction of sp³-hybridized carbons (Fsp3) is 0.350. The summed E-state index contributed by atoms with van der Waals surface area (Å²) >= 11 is 0. The molecule has 6 nitrogen and oxygen atoms in total. The maximum absolute atomic E-state index is 12.1. The van der Waals surface area contributed by atoms with Gasteiger partial charge in [0.2, 0.25) is 0 Å². The van der Waals surface area contributed by atoms with Crippen molar-refractivity contribution in [1.29, 1.82) is 0 Å². The van der Waals surface area contributed by atoms with E-state index in [1.807, 2.05) is 38.1 Å². The molecular formula is C20H26N2O4.